The van der Waals surface area contributed by atoms with Crippen LogP contribution in [0.4, 0.5) is 0 Å². The van der Waals surface area contributed by atoms with Gasteiger partial charge in [0.15, 0.2) is 5.96 Å². The van der Waals surface area contributed by atoms with Gasteiger partial charge >= 0.3 is 0 Å². The van der Waals surface area contributed by atoms with E-state index in [1.807, 2.05) is 6.07 Å². The van der Waals surface area contributed by atoms with E-state index in [1.165, 1.54) is 7.11 Å². The number of aliphatic imine (C=N–C) groups is 1. The van der Waals surface area contributed by atoms with E-state index in [0.29, 0.717) is 25.7 Å². The first-order valence-electron chi connectivity index (χ1n) is 8.04. The summed E-state index contributed by atoms with van der Waals surface area (Å²) in [4.78, 5) is 4.36. The molecule has 1 aromatic rings. The summed E-state index contributed by atoms with van der Waals surface area (Å²) in [6.07, 6.45) is 0.873. The van der Waals surface area contributed by atoms with Crippen molar-refractivity contribution in [2.24, 2.45) is 4.99 Å². The Hall–Kier alpha value is -1.68. The van der Waals surface area contributed by atoms with Crippen molar-refractivity contribution in [1.82, 2.24) is 15.4 Å². The van der Waals surface area contributed by atoms with Crippen LogP contribution in [0, 0.1) is 0 Å². The van der Waals surface area contributed by atoms with E-state index < -0.39 is 10.0 Å². The molecule has 0 spiro atoms. The number of nitrogens with one attached hydrogen (secondary N) is 3. The molecule has 0 fully saturated rings. The molecule has 9 heteroatoms. The van der Waals surface area contributed by atoms with Gasteiger partial charge in [0, 0.05) is 47.5 Å². The Morgan fingerprint density at radius 2 is 1.88 bits per heavy atom. The Labute approximate surface area is 150 Å². The molecule has 0 atom stereocenters. The zero-order valence-corrected chi connectivity index (χ0v) is 15.9. The van der Waals surface area contributed by atoms with E-state index in [1.54, 1.807) is 32.4 Å². The molecule has 0 heterocycles. The van der Waals surface area contributed by atoms with Crippen molar-refractivity contribution in [2.75, 3.05) is 47.6 Å². The molecule has 8 nitrogen and oxygen atoms in total. The molecule has 0 aliphatic heterocycles. The van der Waals surface area contributed by atoms with Gasteiger partial charge in [0.1, 0.15) is 0 Å². The Morgan fingerprint density at radius 1 is 1.12 bits per heavy atom. The van der Waals surface area contributed by atoms with Gasteiger partial charge in [0.25, 0.3) is 0 Å². The highest BCUT2D eigenvalue weighted by Crippen LogP contribution is 2.11. The van der Waals surface area contributed by atoms with Gasteiger partial charge in [-0.3, -0.25) is 4.99 Å². The lowest BCUT2D eigenvalue weighted by molar-refractivity contribution is 0.195. The van der Waals surface area contributed by atoms with Crippen molar-refractivity contribution < 1.29 is 17.9 Å². The zero-order valence-electron chi connectivity index (χ0n) is 15.0. The molecule has 25 heavy (non-hydrogen) atoms. The van der Waals surface area contributed by atoms with Crippen molar-refractivity contribution in [2.45, 2.75) is 17.9 Å². The van der Waals surface area contributed by atoms with Crippen LogP contribution in [0.1, 0.15) is 12.0 Å². The van der Waals surface area contributed by atoms with Gasteiger partial charge in [-0.2, -0.15) is 0 Å². The maximum atomic E-state index is 12.2. The Morgan fingerprint density at radius 3 is 2.56 bits per heavy atom. The van der Waals surface area contributed by atoms with Gasteiger partial charge in [0.05, 0.1) is 11.5 Å². The highest BCUT2D eigenvalue weighted by Gasteiger charge is 2.13. The number of hydrogen-bond donors (Lipinski definition) is 3. The largest absolute Gasteiger partial charge is 0.385 e. The summed E-state index contributed by atoms with van der Waals surface area (Å²) >= 11 is 0. The lowest BCUT2D eigenvalue weighted by Crippen LogP contribution is -2.37. The monoisotopic (exact) mass is 372 g/mol. The second-order valence-electron chi connectivity index (χ2n) is 5.24. The van der Waals surface area contributed by atoms with Crippen molar-refractivity contribution in [3.05, 3.63) is 29.8 Å². The van der Waals surface area contributed by atoms with E-state index in [2.05, 4.69) is 20.3 Å². The molecule has 1 rings (SSSR count). The fourth-order valence-electron chi connectivity index (χ4n) is 2.01. The van der Waals surface area contributed by atoms with Crippen molar-refractivity contribution in [1.29, 1.82) is 0 Å². The van der Waals surface area contributed by atoms with Crippen LogP contribution in [0.25, 0.3) is 0 Å². The minimum atomic E-state index is -3.54. The average molecular weight is 372 g/mol. The number of hydrogen-bond acceptors (Lipinski definition) is 5. The quantitative estimate of drug-likeness (QED) is 0.294. The summed E-state index contributed by atoms with van der Waals surface area (Å²) < 4.78 is 36.8. The minimum Gasteiger partial charge on any atom is -0.385 e. The molecule has 1 aromatic carbocycles. The van der Waals surface area contributed by atoms with Crippen LogP contribution in [0.15, 0.2) is 34.2 Å². The topological polar surface area (TPSA) is 101 Å². The summed E-state index contributed by atoms with van der Waals surface area (Å²) in [5.74, 6) is 0.655. The van der Waals surface area contributed by atoms with Crippen molar-refractivity contribution >= 4 is 16.0 Å². The number of nitrogens with zero attached hydrogens (tertiary/aromatic N) is 1. The second-order valence-corrected chi connectivity index (χ2v) is 7.00. The summed E-state index contributed by atoms with van der Waals surface area (Å²) in [5.41, 5.74) is 0.842. The lowest BCUT2D eigenvalue weighted by atomic mass is 10.2. The molecule has 3 N–H and O–H groups in total. The molecule has 0 aromatic heterocycles. The number of methoxy groups -OCH3 is 2. The van der Waals surface area contributed by atoms with E-state index in [0.717, 1.165) is 18.5 Å². The van der Waals surface area contributed by atoms with Crippen molar-refractivity contribution in [3.8, 4) is 0 Å². The molecule has 0 aliphatic carbocycles. The van der Waals surface area contributed by atoms with Crippen LogP contribution in [-0.2, 0) is 26.0 Å². The van der Waals surface area contributed by atoms with Gasteiger partial charge in [-0.25, -0.2) is 13.1 Å². The smallest absolute Gasteiger partial charge is 0.240 e. The van der Waals surface area contributed by atoms with Crippen LogP contribution >= 0.6 is 0 Å². The first-order chi connectivity index (χ1) is 12.0. The fourth-order valence-corrected chi connectivity index (χ4v) is 3.10. The molecule has 0 amide bonds. The number of guanidine groups is 1. The van der Waals surface area contributed by atoms with Gasteiger partial charge in [-0.05, 0) is 24.1 Å². The molecule has 0 bridgehead atoms. The van der Waals surface area contributed by atoms with E-state index in [4.69, 9.17) is 9.47 Å². The predicted octanol–water partition coefficient (Wildman–Crippen LogP) is 0.313. The van der Waals surface area contributed by atoms with Gasteiger partial charge < -0.3 is 20.1 Å². The lowest BCUT2D eigenvalue weighted by Gasteiger charge is -2.12. The Kier molecular flexibility index (Phi) is 10.1. The van der Waals surface area contributed by atoms with Gasteiger partial charge in [-0.15, -0.1) is 0 Å². The summed E-state index contributed by atoms with van der Waals surface area (Å²) in [6.45, 7) is 2.45. The molecular formula is C16H28N4O4S. The summed E-state index contributed by atoms with van der Waals surface area (Å²) in [6, 6.07) is 6.78. The Bertz CT molecular complexity index is 635. The van der Waals surface area contributed by atoms with Crippen molar-refractivity contribution in [3.63, 3.8) is 0 Å². The fraction of sp³-hybridized carbons (Fsp3) is 0.562. The summed E-state index contributed by atoms with van der Waals surface area (Å²) in [7, 11) is 1.34. The average Bonchev–Trinajstić information content (AvgIpc) is 2.61. The first kappa shape index (κ1) is 21.4. The van der Waals surface area contributed by atoms with Gasteiger partial charge in [-0.1, -0.05) is 12.1 Å². The maximum Gasteiger partial charge on any atom is 0.240 e. The minimum absolute atomic E-state index is 0.228. The standard InChI is InChI=1S/C16H28N4O4S/c1-17-16(18-8-5-10-23-2)19-13-14-6-4-7-15(12-14)25(21,22)20-9-11-24-3/h4,6-7,12,20H,5,8-11,13H2,1-3H3,(H2,17,18,19). The van der Waals surface area contributed by atoms with Crippen LogP contribution in [0.5, 0.6) is 0 Å². The van der Waals surface area contributed by atoms with E-state index >= 15 is 0 Å². The maximum absolute atomic E-state index is 12.2. The number of benzene rings is 1. The van der Waals surface area contributed by atoms with Crippen LogP contribution in [-0.4, -0.2) is 61.9 Å². The van der Waals surface area contributed by atoms with Crippen LogP contribution in [0.2, 0.25) is 0 Å². The highest BCUT2D eigenvalue weighted by atomic mass is 32.2. The first-order valence-corrected chi connectivity index (χ1v) is 9.52. The van der Waals surface area contributed by atoms with Gasteiger partial charge in [0.2, 0.25) is 10.0 Å². The summed E-state index contributed by atoms with van der Waals surface area (Å²) in [5, 5.41) is 6.32. The Balaban J connectivity index is 2.59. The SMILES string of the molecule is CN=C(NCCCOC)NCc1cccc(S(=O)(=O)NCCOC)c1. The molecule has 0 saturated carbocycles. The molecule has 0 unspecified atom stereocenters. The third-order valence-electron chi connectivity index (χ3n) is 3.31. The normalized spacial score (nSPS) is 12.2. The van der Waals surface area contributed by atoms with Crippen LogP contribution < -0.4 is 15.4 Å². The van der Waals surface area contributed by atoms with E-state index in [-0.39, 0.29) is 11.4 Å². The highest BCUT2D eigenvalue weighted by molar-refractivity contribution is 7.89. The molecular weight excluding hydrogens is 344 g/mol. The molecule has 0 radical (unpaired) electrons. The molecule has 0 aliphatic rings. The molecule has 142 valence electrons. The zero-order chi connectivity index (χ0) is 18.5. The number of sulfonamides is 1. The third-order valence-corrected chi connectivity index (χ3v) is 4.77. The second kappa shape index (κ2) is 11.8. The predicted molar refractivity (Wildman–Crippen MR) is 98.2 cm³/mol. The number of rotatable bonds is 11. The van der Waals surface area contributed by atoms with Crippen LogP contribution in [0.3, 0.4) is 0 Å². The third kappa shape index (κ3) is 8.30. The van der Waals surface area contributed by atoms with E-state index in [9.17, 15) is 8.42 Å². The number of ether oxygens (including phenoxy) is 2. The molecule has 0 saturated heterocycles.